The van der Waals surface area contributed by atoms with Gasteiger partial charge in [-0.3, -0.25) is 0 Å². The predicted molar refractivity (Wildman–Crippen MR) is 88.5 cm³/mol. The Morgan fingerprint density at radius 3 is 2.77 bits per heavy atom. The molecule has 2 atom stereocenters. The second kappa shape index (κ2) is 7.70. The van der Waals surface area contributed by atoms with Crippen molar-refractivity contribution in [3.05, 3.63) is 17.7 Å². The third-order valence-corrected chi connectivity index (χ3v) is 4.38. The second-order valence-electron chi connectivity index (χ2n) is 5.86. The molecule has 0 spiro atoms. The number of nitrogens with two attached hydrogens (primary N) is 1. The van der Waals surface area contributed by atoms with Crippen LogP contribution in [0.1, 0.15) is 25.8 Å². The number of anilines is 1. The van der Waals surface area contributed by atoms with E-state index in [0.29, 0.717) is 23.8 Å². The molecule has 5 heteroatoms. The smallest absolute Gasteiger partial charge is 0.184 e. The first-order valence-electron chi connectivity index (χ1n) is 8.08. The summed E-state index contributed by atoms with van der Waals surface area (Å²) in [6.07, 6.45) is 1.38. The van der Waals surface area contributed by atoms with Crippen molar-refractivity contribution >= 4 is 5.69 Å². The number of likely N-dealkylation sites (tertiary alicyclic amines) is 1. The van der Waals surface area contributed by atoms with E-state index < -0.39 is 0 Å². The number of aliphatic hydroxyl groups is 1. The van der Waals surface area contributed by atoms with Crippen molar-refractivity contribution in [1.29, 1.82) is 0 Å². The Bertz CT molecular complexity index is 493. The highest BCUT2D eigenvalue weighted by Crippen LogP contribution is 2.36. The average molecular weight is 308 g/mol. The SMILES string of the molecule is CCOc1c(N)cc(CC2CN(CC)CCC2O)cc1OC. The summed E-state index contributed by atoms with van der Waals surface area (Å²) < 4.78 is 11.0. The fraction of sp³-hybridized carbons (Fsp3) is 0.647. The third kappa shape index (κ3) is 3.84. The molecule has 0 aromatic heterocycles. The fourth-order valence-electron chi connectivity index (χ4n) is 3.14. The van der Waals surface area contributed by atoms with Crippen LogP contribution < -0.4 is 15.2 Å². The highest BCUT2D eigenvalue weighted by atomic mass is 16.5. The molecule has 5 nitrogen and oxygen atoms in total. The minimum atomic E-state index is -0.249. The number of nitrogen functional groups attached to an aromatic ring is 1. The number of hydrogen-bond acceptors (Lipinski definition) is 5. The lowest BCUT2D eigenvalue weighted by Crippen LogP contribution is -2.43. The molecule has 22 heavy (non-hydrogen) atoms. The summed E-state index contributed by atoms with van der Waals surface area (Å²) in [6.45, 7) is 7.55. The first kappa shape index (κ1) is 16.9. The van der Waals surface area contributed by atoms with E-state index in [1.54, 1.807) is 7.11 Å². The predicted octanol–water partition coefficient (Wildman–Crippen LogP) is 1.92. The molecule has 0 bridgehead atoms. The number of methoxy groups -OCH3 is 1. The number of benzene rings is 1. The van der Waals surface area contributed by atoms with Gasteiger partial charge >= 0.3 is 0 Å². The molecule has 1 heterocycles. The number of rotatable bonds is 6. The summed E-state index contributed by atoms with van der Waals surface area (Å²) in [5.74, 6) is 1.50. The van der Waals surface area contributed by atoms with Gasteiger partial charge in [0.25, 0.3) is 0 Å². The van der Waals surface area contributed by atoms with Crippen molar-refractivity contribution in [2.75, 3.05) is 39.1 Å². The Hall–Kier alpha value is -1.46. The van der Waals surface area contributed by atoms with Crippen molar-refractivity contribution in [2.24, 2.45) is 5.92 Å². The van der Waals surface area contributed by atoms with Crippen molar-refractivity contribution in [3.8, 4) is 11.5 Å². The van der Waals surface area contributed by atoms with Crippen molar-refractivity contribution in [1.82, 2.24) is 4.90 Å². The van der Waals surface area contributed by atoms with Crippen LogP contribution in [0.15, 0.2) is 12.1 Å². The largest absolute Gasteiger partial charge is 0.493 e. The van der Waals surface area contributed by atoms with Gasteiger partial charge in [-0.15, -0.1) is 0 Å². The first-order chi connectivity index (χ1) is 10.6. The molecule has 124 valence electrons. The van der Waals surface area contributed by atoms with Gasteiger partial charge in [-0.05, 0) is 44.0 Å². The van der Waals surface area contributed by atoms with E-state index in [-0.39, 0.29) is 12.0 Å². The Labute approximate surface area is 133 Å². The highest BCUT2D eigenvalue weighted by Gasteiger charge is 2.27. The summed E-state index contributed by atoms with van der Waals surface area (Å²) in [5, 5.41) is 10.3. The zero-order valence-corrected chi connectivity index (χ0v) is 13.8. The molecule has 0 saturated carbocycles. The second-order valence-corrected chi connectivity index (χ2v) is 5.86. The van der Waals surface area contributed by atoms with Crippen molar-refractivity contribution in [2.45, 2.75) is 32.8 Å². The number of aliphatic hydroxyl groups excluding tert-OH is 1. The van der Waals surface area contributed by atoms with Gasteiger partial charge in [0, 0.05) is 19.0 Å². The Morgan fingerprint density at radius 1 is 1.36 bits per heavy atom. The van der Waals surface area contributed by atoms with Crippen LogP contribution in [0.4, 0.5) is 5.69 Å². The van der Waals surface area contributed by atoms with Gasteiger partial charge in [-0.25, -0.2) is 0 Å². The quantitative estimate of drug-likeness (QED) is 0.786. The normalized spacial score (nSPS) is 22.5. The molecule has 0 radical (unpaired) electrons. The standard InChI is InChI=1S/C17H28N2O3/c1-4-19-7-6-15(20)13(11-19)8-12-9-14(18)17(22-5-2)16(10-12)21-3/h9-10,13,15,20H,4-8,11,18H2,1-3H3. The molecule has 1 fully saturated rings. The maximum absolute atomic E-state index is 10.3. The van der Waals surface area contributed by atoms with E-state index in [1.807, 2.05) is 19.1 Å². The molecule has 2 unspecified atom stereocenters. The summed E-state index contributed by atoms with van der Waals surface area (Å²) in [5.41, 5.74) is 7.77. The molecule has 1 aliphatic heterocycles. The number of nitrogens with zero attached hydrogens (tertiary/aromatic N) is 1. The Kier molecular flexibility index (Phi) is 5.91. The molecular formula is C17H28N2O3. The number of ether oxygens (including phenoxy) is 2. The summed E-state index contributed by atoms with van der Waals surface area (Å²) in [6, 6.07) is 3.91. The molecule has 1 aromatic carbocycles. The van der Waals surface area contributed by atoms with Gasteiger partial charge in [0.05, 0.1) is 25.5 Å². The van der Waals surface area contributed by atoms with Crippen LogP contribution in [0.2, 0.25) is 0 Å². The topological polar surface area (TPSA) is 68.0 Å². The zero-order valence-electron chi connectivity index (χ0n) is 13.8. The van der Waals surface area contributed by atoms with Gasteiger partial charge in [-0.2, -0.15) is 0 Å². The number of piperidine rings is 1. The number of hydrogen-bond donors (Lipinski definition) is 2. The van der Waals surface area contributed by atoms with Crippen LogP contribution in [0.3, 0.4) is 0 Å². The van der Waals surface area contributed by atoms with Crippen molar-refractivity contribution < 1.29 is 14.6 Å². The maximum atomic E-state index is 10.3. The van der Waals surface area contributed by atoms with Crippen molar-refractivity contribution in [3.63, 3.8) is 0 Å². The van der Waals surface area contributed by atoms with E-state index >= 15 is 0 Å². The van der Waals surface area contributed by atoms with Crippen LogP contribution in [-0.2, 0) is 6.42 Å². The Balaban J connectivity index is 2.16. The zero-order chi connectivity index (χ0) is 16.1. The molecule has 0 amide bonds. The van der Waals surface area contributed by atoms with E-state index in [4.69, 9.17) is 15.2 Å². The molecule has 2 rings (SSSR count). The minimum absolute atomic E-state index is 0.232. The van der Waals surface area contributed by atoms with Gasteiger partial charge in [0.15, 0.2) is 11.5 Å². The molecule has 1 saturated heterocycles. The molecule has 1 aromatic rings. The summed E-state index contributed by atoms with van der Waals surface area (Å²) >= 11 is 0. The molecular weight excluding hydrogens is 280 g/mol. The fourth-order valence-corrected chi connectivity index (χ4v) is 3.14. The van der Waals surface area contributed by atoms with Crippen LogP contribution in [0, 0.1) is 5.92 Å². The van der Waals surface area contributed by atoms with E-state index in [2.05, 4.69) is 11.8 Å². The van der Waals surface area contributed by atoms with Crippen LogP contribution in [-0.4, -0.2) is 49.5 Å². The molecule has 0 aliphatic carbocycles. The van der Waals surface area contributed by atoms with E-state index in [9.17, 15) is 5.11 Å². The Morgan fingerprint density at radius 2 is 2.14 bits per heavy atom. The highest BCUT2D eigenvalue weighted by molar-refractivity contribution is 5.62. The van der Waals surface area contributed by atoms with Gasteiger partial charge in [-0.1, -0.05) is 6.92 Å². The molecule has 3 N–H and O–H groups in total. The monoisotopic (exact) mass is 308 g/mol. The van der Waals surface area contributed by atoms with Crippen LogP contribution in [0.5, 0.6) is 11.5 Å². The first-order valence-corrected chi connectivity index (χ1v) is 8.08. The van der Waals surface area contributed by atoms with Crippen LogP contribution >= 0.6 is 0 Å². The average Bonchev–Trinajstić information content (AvgIpc) is 2.51. The summed E-state index contributed by atoms with van der Waals surface area (Å²) in [4.78, 5) is 2.38. The lowest BCUT2D eigenvalue weighted by molar-refractivity contribution is 0.0290. The maximum Gasteiger partial charge on any atom is 0.184 e. The van der Waals surface area contributed by atoms with Crippen LogP contribution in [0.25, 0.3) is 0 Å². The van der Waals surface area contributed by atoms with Gasteiger partial charge in [0.2, 0.25) is 0 Å². The lowest BCUT2D eigenvalue weighted by atomic mass is 9.88. The minimum Gasteiger partial charge on any atom is -0.493 e. The van der Waals surface area contributed by atoms with E-state index in [1.165, 1.54) is 0 Å². The van der Waals surface area contributed by atoms with E-state index in [0.717, 1.165) is 38.0 Å². The van der Waals surface area contributed by atoms with Gasteiger partial charge in [0.1, 0.15) is 0 Å². The third-order valence-electron chi connectivity index (χ3n) is 4.38. The lowest BCUT2D eigenvalue weighted by Gasteiger charge is -2.35. The molecule has 1 aliphatic rings. The summed E-state index contributed by atoms with van der Waals surface area (Å²) in [7, 11) is 1.62. The van der Waals surface area contributed by atoms with Gasteiger partial charge < -0.3 is 25.2 Å².